The van der Waals surface area contributed by atoms with Gasteiger partial charge in [0.1, 0.15) is 0 Å². The Morgan fingerprint density at radius 1 is 0.250 bits per heavy atom. The van der Waals surface area contributed by atoms with Crippen molar-refractivity contribution in [3.8, 4) is 33.6 Å². The predicted molar refractivity (Wildman–Crippen MR) is 203 cm³/mol. The number of fused-ring (bicyclic) bond motifs is 7. The number of rotatable bonds is 4. The SMILES string of the molecule is c1ccc(-n2c3ccccc3c3cc(-c4ccc5cc(-c6ccc7c(c6)c6ccccc6n7-c6ccccc6)ccc5c4)ccc32)cc1. The van der Waals surface area contributed by atoms with Crippen LogP contribution >= 0.6 is 0 Å². The van der Waals surface area contributed by atoms with E-state index in [1.54, 1.807) is 0 Å². The van der Waals surface area contributed by atoms with E-state index in [9.17, 15) is 0 Å². The zero-order chi connectivity index (χ0) is 31.6. The van der Waals surface area contributed by atoms with Gasteiger partial charge in [-0.05, 0) is 106 Å². The fourth-order valence-corrected chi connectivity index (χ4v) is 7.62. The highest BCUT2D eigenvalue weighted by atomic mass is 15.0. The Labute approximate surface area is 278 Å². The first-order valence-corrected chi connectivity index (χ1v) is 16.5. The lowest BCUT2D eigenvalue weighted by Gasteiger charge is -2.10. The molecule has 0 fully saturated rings. The van der Waals surface area contributed by atoms with Crippen LogP contribution in [-0.4, -0.2) is 9.13 Å². The van der Waals surface area contributed by atoms with Gasteiger partial charge in [0.2, 0.25) is 0 Å². The monoisotopic (exact) mass is 610 g/mol. The van der Waals surface area contributed by atoms with Gasteiger partial charge >= 0.3 is 0 Å². The first-order valence-electron chi connectivity index (χ1n) is 16.5. The lowest BCUT2D eigenvalue weighted by molar-refractivity contribution is 1.18. The summed E-state index contributed by atoms with van der Waals surface area (Å²) in [7, 11) is 0. The minimum absolute atomic E-state index is 1.18. The van der Waals surface area contributed by atoms with Gasteiger partial charge in [0.15, 0.2) is 0 Å². The van der Waals surface area contributed by atoms with E-state index < -0.39 is 0 Å². The summed E-state index contributed by atoms with van der Waals surface area (Å²) in [4.78, 5) is 0. The van der Waals surface area contributed by atoms with Crippen molar-refractivity contribution in [2.75, 3.05) is 0 Å². The van der Waals surface area contributed by atoms with Crippen molar-refractivity contribution in [3.63, 3.8) is 0 Å². The zero-order valence-electron chi connectivity index (χ0n) is 26.2. The molecule has 0 spiro atoms. The van der Waals surface area contributed by atoms with Crippen LogP contribution < -0.4 is 0 Å². The molecule has 0 unspecified atom stereocenters. The maximum absolute atomic E-state index is 2.37. The van der Waals surface area contributed by atoms with E-state index >= 15 is 0 Å². The Balaban J connectivity index is 1.05. The average Bonchev–Trinajstić information content (AvgIpc) is 3.67. The summed E-state index contributed by atoms with van der Waals surface area (Å²) in [5, 5.41) is 7.56. The van der Waals surface area contributed by atoms with Crippen LogP contribution in [0.4, 0.5) is 0 Å². The summed E-state index contributed by atoms with van der Waals surface area (Å²) in [6.45, 7) is 0. The van der Waals surface area contributed by atoms with Gasteiger partial charge in [0, 0.05) is 32.9 Å². The van der Waals surface area contributed by atoms with Gasteiger partial charge in [-0.3, -0.25) is 0 Å². The molecule has 2 heteroatoms. The number of benzene rings is 8. The van der Waals surface area contributed by atoms with Gasteiger partial charge in [-0.15, -0.1) is 0 Å². The molecule has 48 heavy (non-hydrogen) atoms. The average molecular weight is 611 g/mol. The van der Waals surface area contributed by atoms with Gasteiger partial charge in [-0.2, -0.15) is 0 Å². The highest BCUT2D eigenvalue weighted by Gasteiger charge is 2.15. The predicted octanol–water partition coefficient (Wildman–Crippen LogP) is 12.4. The molecular formula is C46H30N2. The molecule has 0 aliphatic rings. The van der Waals surface area contributed by atoms with Crippen molar-refractivity contribution >= 4 is 54.4 Å². The molecule has 8 aromatic carbocycles. The van der Waals surface area contributed by atoms with Crippen LogP contribution in [0.5, 0.6) is 0 Å². The van der Waals surface area contributed by atoms with Crippen molar-refractivity contribution < 1.29 is 0 Å². The molecule has 0 saturated heterocycles. The fourth-order valence-electron chi connectivity index (χ4n) is 7.62. The lowest BCUT2D eigenvalue weighted by Crippen LogP contribution is -1.92. The molecular weight excluding hydrogens is 581 g/mol. The quantitative estimate of drug-likeness (QED) is 0.188. The molecule has 0 bridgehead atoms. The molecule has 2 aromatic heterocycles. The summed E-state index contributed by atoms with van der Waals surface area (Å²) in [5.41, 5.74) is 12.2. The first kappa shape index (κ1) is 26.8. The first-order chi connectivity index (χ1) is 23.8. The fraction of sp³-hybridized carbons (Fsp3) is 0. The van der Waals surface area contributed by atoms with Crippen LogP contribution in [0.3, 0.4) is 0 Å². The van der Waals surface area contributed by atoms with Crippen molar-refractivity contribution in [2.45, 2.75) is 0 Å². The number of hydrogen-bond acceptors (Lipinski definition) is 0. The highest BCUT2D eigenvalue weighted by Crippen LogP contribution is 2.38. The van der Waals surface area contributed by atoms with Gasteiger partial charge in [0.05, 0.1) is 22.1 Å². The van der Waals surface area contributed by atoms with Crippen LogP contribution in [0.15, 0.2) is 182 Å². The second kappa shape index (κ2) is 10.6. The van der Waals surface area contributed by atoms with Crippen LogP contribution in [0.1, 0.15) is 0 Å². The molecule has 0 atom stereocenters. The molecule has 10 rings (SSSR count). The second-order valence-electron chi connectivity index (χ2n) is 12.6. The zero-order valence-corrected chi connectivity index (χ0v) is 26.2. The third-order valence-electron chi connectivity index (χ3n) is 9.88. The van der Waals surface area contributed by atoms with Gasteiger partial charge < -0.3 is 9.13 Å². The van der Waals surface area contributed by atoms with Crippen LogP contribution in [0.2, 0.25) is 0 Å². The molecule has 0 saturated carbocycles. The largest absolute Gasteiger partial charge is 0.309 e. The topological polar surface area (TPSA) is 9.86 Å². The summed E-state index contributed by atoms with van der Waals surface area (Å²) in [6, 6.07) is 66.2. The Morgan fingerprint density at radius 2 is 0.604 bits per heavy atom. The summed E-state index contributed by atoms with van der Waals surface area (Å²) >= 11 is 0. The molecule has 2 heterocycles. The van der Waals surface area contributed by atoms with Crippen LogP contribution in [-0.2, 0) is 0 Å². The Morgan fingerprint density at radius 3 is 1.06 bits per heavy atom. The van der Waals surface area contributed by atoms with E-state index in [2.05, 4.69) is 191 Å². The molecule has 224 valence electrons. The van der Waals surface area contributed by atoms with Gasteiger partial charge in [-0.25, -0.2) is 0 Å². The van der Waals surface area contributed by atoms with E-state index in [-0.39, 0.29) is 0 Å². The summed E-state index contributed by atoms with van der Waals surface area (Å²) in [5.74, 6) is 0. The van der Waals surface area contributed by atoms with Crippen LogP contribution in [0, 0.1) is 0 Å². The minimum Gasteiger partial charge on any atom is -0.309 e. The third-order valence-corrected chi connectivity index (χ3v) is 9.88. The van der Waals surface area contributed by atoms with Crippen molar-refractivity contribution in [2.24, 2.45) is 0 Å². The summed E-state index contributed by atoms with van der Waals surface area (Å²) in [6.07, 6.45) is 0. The van der Waals surface area contributed by atoms with Crippen molar-refractivity contribution in [1.82, 2.24) is 9.13 Å². The lowest BCUT2D eigenvalue weighted by atomic mass is 9.96. The molecule has 2 nitrogen and oxygen atoms in total. The standard InChI is InChI=1S/C46H30N2/c1-3-11-37(12-4-1)47-43-17-9-7-15-39(43)41-29-35(23-25-45(41)47)33-21-19-32-28-34(22-20-31(32)27-33)36-24-26-46-42(30-36)40-16-8-10-18-44(40)48(46)38-13-5-2-6-14-38/h1-30H. The van der Waals surface area contributed by atoms with E-state index in [1.165, 1.54) is 88.0 Å². The van der Waals surface area contributed by atoms with Crippen LogP contribution in [0.25, 0.3) is 88.0 Å². The molecule has 10 aromatic rings. The van der Waals surface area contributed by atoms with Crippen molar-refractivity contribution in [3.05, 3.63) is 182 Å². The number of nitrogens with zero attached hydrogens (tertiary/aromatic N) is 2. The second-order valence-corrected chi connectivity index (χ2v) is 12.6. The Hall–Kier alpha value is -6.38. The third kappa shape index (κ3) is 4.13. The van der Waals surface area contributed by atoms with E-state index in [4.69, 9.17) is 0 Å². The van der Waals surface area contributed by atoms with Gasteiger partial charge in [0.25, 0.3) is 0 Å². The van der Waals surface area contributed by atoms with Gasteiger partial charge in [-0.1, -0.05) is 109 Å². The molecule has 0 radical (unpaired) electrons. The maximum Gasteiger partial charge on any atom is 0.0541 e. The summed E-state index contributed by atoms with van der Waals surface area (Å²) < 4.78 is 4.74. The Kier molecular flexibility index (Phi) is 5.91. The van der Waals surface area contributed by atoms with E-state index in [0.29, 0.717) is 0 Å². The molecule has 0 N–H and O–H groups in total. The maximum atomic E-state index is 2.37. The molecule has 0 aliphatic heterocycles. The Bertz CT molecular complexity index is 2620. The van der Waals surface area contributed by atoms with E-state index in [1.807, 2.05) is 0 Å². The smallest absolute Gasteiger partial charge is 0.0541 e. The number of para-hydroxylation sites is 4. The number of hydrogen-bond donors (Lipinski definition) is 0. The molecule has 0 amide bonds. The molecule has 0 aliphatic carbocycles. The van der Waals surface area contributed by atoms with Crippen molar-refractivity contribution in [1.29, 1.82) is 0 Å². The highest BCUT2D eigenvalue weighted by molar-refractivity contribution is 6.12. The minimum atomic E-state index is 1.18. The normalized spacial score (nSPS) is 11.8. The number of aromatic nitrogens is 2. The van der Waals surface area contributed by atoms with E-state index in [0.717, 1.165) is 0 Å².